The van der Waals surface area contributed by atoms with Crippen molar-refractivity contribution < 1.29 is 19.2 Å². The largest absolute Gasteiger partial charge is 0.490 e. The van der Waals surface area contributed by atoms with Gasteiger partial charge >= 0.3 is 5.82 Å². The number of aromatic nitrogens is 2. The minimum atomic E-state index is -0.571. The maximum atomic E-state index is 12.0. The summed E-state index contributed by atoms with van der Waals surface area (Å²) in [5, 5.41) is 17.2. The highest BCUT2D eigenvalue weighted by Crippen LogP contribution is 2.28. The summed E-state index contributed by atoms with van der Waals surface area (Å²) in [6.07, 6.45) is 1.65. The molecule has 0 aliphatic heterocycles. The Morgan fingerprint density at radius 1 is 1.23 bits per heavy atom. The van der Waals surface area contributed by atoms with Crippen LogP contribution in [-0.4, -0.2) is 33.8 Å². The molecule has 26 heavy (non-hydrogen) atoms. The smallest absolute Gasteiger partial charge is 0.389 e. The van der Waals surface area contributed by atoms with E-state index in [1.807, 2.05) is 32.0 Å². The fraction of sp³-hybridized carbons (Fsp3) is 0.412. The number of aryl methyl sites for hydroxylation is 1. The monoisotopic (exact) mass is 362 g/mol. The average Bonchev–Trinajstić information content (AvgIpc) is 3.10. The average molecular weight is 362 g/mol. The first-order valence-electron chi connectivity index (χ1n) is 8.36. The quantitative estimate of drug-likeness (QED) is 0.513. The minimum absolute atomic E-state index is 0.171. The lowest BCUT2D eigenvalue weighted by atomic mass is 10.2. The molecule has 9 heteroatoms. The van der Waals surface area contributed by atoms with Crippen molar-refractivity contribution in [1.82, 2.24) is 15.1 Å². The van der Waals surface area contributed by atoms with Crippen molar-refractivity contribution in [3.63, 3.8) is 0 Å². The standard InChI is InChI=1S/C17H22N4O5/c1-3-25-14-6-5-13(11-15(14)26-4-2)12-18-17(22)8-10-20-9-7-16(19-20)21(23)24/h5-7,9,11H,3-4,8,10,12H2,1-2H3,(H,18,22). The van der Waals surface area contributed by atoms with E-state index in [2.05, 4.69) is 10.4 Å². The van der Waals surface area contributed by atoms with E-state index in [1.54, 1.807) is 0 Å². The molecule has 2 rings (SSSR count). The summed E-state index contributed by atoms with van der Waals surface area (Å²) in [7, 11) is 0. The minimum Gasteiger partial charge on any atom is -0.490 e. The van der Waals surface area contributed by atoms with Crippen LogP contribution in [0.4, 0.5) is 5.82 Å². The number of benzene rings is 1. The Kier molecular flexibility index (Phi) is 6.95. The summed E-state index contributed by atoms with van der Waals surface area (Å²) >= 11 is 0. The molecule has 0 fully saturated rings. The molecule has 0 bridgehead atoms. The zero-order chi connectivity index (χ0) is 18.9. The number of amides is 1. The van der Waals surface area contributed by atoms with Gasteiger partial charge in [0.2, 0.25) is 5.91 Å². The molecule has 9 nitrogen and oxygen atoms in total. The summed E-state index contributed by atoms with van der Waals surface area (Å²) in [5.41, 5.74) is 0.889. The van der Waals surface area contributed by atoms with Gasteiger partial charge < -0.3 is 24.9 Å². The predicted octanol–water partition coefficient (Wildman–Crippen LogP) is 2.30. The molecular formula is C17H22N4O5. The lowest BCUT2D eigenvalue weighted by Gasteiger charge is -2.12. The van der Waals surface area contributed by atoms with Gasteiger partial charge in [-0.2, -0.15) is 4.68 Å². The molecule has 0 unspecified atom stereocenters. The van der Waals surface area contributed by atoms with E-state index in [-0.39, 0.29) is 24.7 Å². The predicted molar refractivity (Wildman–Crippen MR) is 94.1 cm³/mol. The van der Waals surface area contributed by atoms with Crippen molar-refractivity contribution in [3.05, 3.63) is 46.1 Å². The summed E-state index contributed by atoms with van der Waals surface area (Å²) in [5.74, 6) is 0.910. The number of nitrogens with zero attached hydrogens (tertiary/aromatic N) is 3. The number of hydrogen-bond acceptors (Lipinski definition) is 6. The van der Waals surface area contributed by atoms with Crippen molar-refractivity contribution in [3.8, 4) is 11.5 Å². The summed E-state index contributed by atoms with van der Waals surface area (Å²) in [4.78, 5) is 22.0. The Hall–Kier alpha value is -3.10. The van der Waals surface area contributed by atoms with Crippen LogP contribution in [0.3, 0.4) is 0 Å². The fourth-order valence-corrected chi connectivity index (χ4v) is 2.28. The maximum absolute atomic E-state index is 12.0. The number of hydrogen-bond donors (Lipinski definition) is 1. The number of rotatable bonds is 10. The van der Waals surface area contributed by atoms with E-state index in [0.717, 1.165) is 5.56 Å². The third kappa shape index (κ3) is 5.47. The first kappa shape index (κ1) is 19.2. The summed E-state index contributed by atoms with van der Waals surface area (Å²) < 4.78 is 12.4. The highest BCUT2D eigenvalue weighted by molar-refractivity contribution is 5.75. The molecule has 140 valence electrons. The molecule has 0 atom stereocenters. The summed E-state index contributed by atoms with van der Waals surface area (Å²) in [6.45, 7) is 5.48. The first-order chi connectivity index (χ1) is 12.5. The van der Waals surface area contributed by atoms with Crippen LogP contribution in [-0.2, 0) is 17.9 Å². The number of nitrogens with one attached hydrogen (secondary N) is 1. The molecule has 0 radical (unpaired) electrons. The second kappa shape index (κ2) is 9.40. The van der Waals surface area contributed by atoms with Gasteiger partial charge in [-0.1, -0.05) is 6.07 Å². The Labute approximate surface area is 151 Å². The molecule has 1 heterocycles. The van der Waals surface area contributed by atoms with Crippen molar-refractivity contribution in [1.29, 1.82) is 0 Å². The van der Waals surface area contributed by atoms with Crippen LogP contribution in [0.5, 0.6) is 11.5 Å². The van der Waals surface area contributed by atoms with Crippen LogP contribution in [0, 0.1) is 10.1 Å². The van der Waals surface area contributed by atoms with Crippen LogP contribution < -0.4 is 14.8 Å². The molecule has 2 aromatic rings. The maximum Gasteiger partial charge on any atom is 0.389 e. The van der Waals surface area contributed by atoms with Gasteiger partial charge in [-0.15, -0.1) is 0 Å². The van der Waals surface area contributed by atoms with Crippen molar-refractivity contribution in [2.75, 3.05) is 13.2 Å². The fourth-order valence-electron chi connectivity index (χ4n) is 2.28. The molecule has 0 aliphatic rings. The molecule has 0 saturated carbocycles. The second-order valence-electron chi connectivity index (χ2n) is 5.37. The van der Waals surface area contributed by atoms with E-state index in [4.69, 9.17) is 9.47 Å². The highest BCUT2D eigenvalue weighted by Gasteiger charge is 2.12. The third-order valence-corrected chi connectivity index (χ3v) is 3.48. The lowest BCUT2D eigenvalue weighted by Crippen LogP contribution is -2.24. The number of ether oxygens (including phenoxy) is 2. The topological polar surface area (TPSA) is 109 Å². The Morgan fingerprint density at radius 3 is 2.62 bits per heavy atom. The number of carbonyl (C=O) groups excluding carboxylic acids is 1. The Balaban J connectivity index is 1.85. The zero-order valence-corrected chi connectivity index (χ0v) is 14.8. The van der Waals surface area contributed by atoms with E-state index >= 15 is 0 Å². The molecule has 0 saturated heterocycles. The van der Waals surface area contributed by atoms with E-state index < -0.39 is 4.92 Å². The van der Waals surface area contributed by atoms with Gasteiger partial charge in [-0.3, -0.25) is 4.79 Å². The molecule has 1 aromatic carbocycles. The van der Waals surface area contributed by atoms with Crippen molar-refractivity contribution in [2.24, 2.45) is 0 Å². The van der Waals surface area contributed by atoms with Gasteiger partial charge in [-0.05, 0) is 36.5 Å². The van der Waals surface area contributed by atoms with Crippen LogP contribution >= 0.6 is 0 Å². The molecule has 0 spiro atoms. The van der Waals surface area contributed by atoms with Crippen LogP contribution in [0.15, 0.2) is 30.5 Å². The SMILES string of the molecule is CCOc1ccc(CNC(=O)CCn2ccc([N+](=O)[O-])n2)cc1OCC. The normalized spacial score (nSPS) is 10.4. The van der Waals surface area contributed by atoms with Crippen molar-refractivity contribution in [2.45, 2.75) is 33.4 Å². The van der Waals surface area contributed by atoms with Gasteiger partial charge in [0.1, 0.15) is 0 Å². The molecular weight excluding hydrogens is 340 g/mol. The van der Waals surface area contributed by atoms with E-state index in [0.29, 0.717) is 31.3 Å². The van der Waals surface area contributed by atoms with Crippen LogP contribution in [0.2, 0.25) is 0 Å². The van der Waals surface area contributed by atoms with E-state index in [1.165, 1.54) is 16.9 Å². The molecule has 1 aromatic heterocycles. The van der Waals surface area contributed by atoms with Gasteiger partial charge in [-0.25, -0.2) is 0 Å². The molecule has 1 N–H and O–H groups in total. The number of carbonyl (C=O) groups is 1. The van der Waals surface area contributed by atoms with Crippen LogP contribution in [0.1, 0.15) is 25.8 Å². The Bertz CT molecular complexity index is 759. The second-order valence-corrected chi connectivity index (χ2v) is 5.37. The molecule has 0 aliphatic carbocycles. The number of nitro groups is 1. The van der Waals surface area contributed by atoms with Crippen LogP contribution in [0.25, 0.3) is 0 Å². The van der Waals surface area contributed by atoms with E-state index in [9.17, 15) is 14.9 Å². The van der Waals surface area contributed by atoms with Gasteiger partial charge in [0, 0.05) is 13.0 Å². The lowest BCUT2D eigenvalue weighted by molar-refractivity contribution is -0.389. The zero-order valence-electron chi connectivity index (χ0n) is 14.8. The Morgan fingerprint density at radius 2 is 1.96 bits per heavy atom. The first-order valence-corrected chi connectivity index (χ1v) is 8.36. The third-order valence-electron chi connectivity index (χ3n) is 3.48. The summed E-state index contributed by atoms with van der Waals surface area (Å²) in [6, 6.07) is 6.82. The van der Waals surface area contributed by atoms with Gasteiger partial charge in [0.25, 0.3) is 0 Å². The van der Waals surface area contributed by atoms with Gasteiger partial charge in [0.15, 0.2) is 11.5 Å². The van der Waals surface area contributed by atoms with Gasteiger partial charge in [0.05, 0.1) is 37.1 Å². The molecule has 1 amide bonds. The highest BCUT2D eigenvalue weighted by atomic mass is 16.6. The van der Waals surface area contributed by atoms with Crippen molar-refractivity contribution >= 4 is 11.7 Å².